The molecule has 2 N–H and O–H groups in total. The first-order valence-electron chi connectivity index (χ1n) is 12.2. The first-order chi connectivity index (χ1) is 19.0. The number of anilines is 3. The van der Waals surface area contributed by atoms with E-state index in [1.807, 2.05) is 12.1 Å². The van der Waals surface area contributed by atoms with Gasteiger partial charge in [0.15, 0.2) is 0 Å². The van der Waals surface area contributed by atoms with Crippen molar-refractivity contribution < 1.29 is 37.0 Å². The molecule has 15 heteroatoms. The predicted octanol–water partition coefficient (Wildman–Crippen LogP) is 3.55. The minimum absolute atomic E-state index is 0.0712. The molecule has 40 heavy (non-hydrogen) atoms. The maximum absolute atomic E-state index is 13.3. The van der Waals surface area contributed by atoms with Gasteiger partial charge in [0.25, 0.3) is 0 Å². The molecular formula is C25H30F3N7O5. The molecule has 0 unspecified atom stereocenters. The van der Waals surface area contributed by atoms with Gasteiger partial charge >= 0.3 is 12.4 Å². The minimum atomic E-state index is -4.77. The zero-order valence-electron chi connectivity index (χ0n) is 22.5. The average Bonchev–Trinajstić information content (AvgIpc) is 2.91. The molecule has 3 amide bonds. The lowest BCUT2D eigenvalue weighted by Crippen LogP contribution is -2.40. The third-order valence-corrected chi connectivity index (χ3v) is 6.06. The number of nitriles is 1. The molecule has 0 radical (unpaired) electrons. The molecule has 0 aromatic carbocycles. The fourth-order valence-corrected chi connectivity index (χ4v) is 4.06. The van der Waals surface area contributed by atoms with Crippen LogP contribution in [0.5, 0.6) is 0 Å². The van der Waals surface area contributed by atoms with E-state index in [2.05, 4.69) is 20.4 Å². The number of fused-ring (bicyclic) bond motifs is 1. The Kier molecular flexibility index (Phi) is 10.2. The first-order valence-corrected chi connectivity index (χ1v) is 12.2. The Labute approximate surface area is 229 Å². The van der Waals surface area contributed by atoms with Crippen molar-refractivity contribution in [1.29, 1.82) is 5.26 Å². The van der Waals surface area contributed by atoms with E-state index < -0.39 is 25.3 Å². The number of aryl methyl sites for hydroxylation is 1. The Balaban J connectivity index is 1.85. The fourth-order valence-electron chi connectivity index (χ4n) is 4.06. The third-order valence-electron chi connectivity index (χ3n) is 6.06. The Morgan fingerprint density at radius 1 is 1.27 bits per heavy atom. The Morgan fingerprint density at radius 3 is 2.62 bits per heavy atom. The van der Waals surface area contributed by atoms with Gasteiger partial charge in [0, 0.05) is 60.1 Å². The number of nitrogens with zero attached hydrogens (tertiary/aromatic N) is 5. The van der Waals surface area contributed by atoms with Crippen molar-refractivity contribution in [3.8, 4) is 6.07 Å². The molecule has 0 spiro atoms. The van der Waals surface area contributed by atoms with Crippen LogP contribution in [0.25, 0.3) is 0 Å². The average molecular weight is 566 g/mol. The van der Waals surface area contributed by atoms with E-state index in [0.717, 1.165) is 5.56 Å². The van der Waals surface area contributed by atoms with Gasteiger partial charge in [0.05, 0.1) is 17.9 Å². The highest BCUT2D eigenvalue weighted by atomic mass is 19.4. The van der Waals surface area contributed by atoms with Crippen molar-refractivity contribution in [2.75, 3.05) is 56.5 Å². The van der Waals surface area contributed by atoms with Crippen LogP contribution in [0.15, 0.2) is 18.3 Å². The lowest BCUT2D eigenvalue weighted by molar-refractivity contribution is -0.322. The van der Waals surface area contributed by atoms with Gasteiger partial charge in [-0.3, -0.25) is 19.7 Å². The molecule has 1 aliphatic rings. The molecule has 0 atom stereocenters. The maximum Gasteiger partial charge on any atom is 0.522 e. The SMILES string of the molecule is COC(OC)c1nc2c(cc1CN(C)C(C)=O)CCCN2C(=O)Nc1cc(NCCOC(F)(F)F)c(C#N)cn1. The fraction of sp³-hybridized carbons (Fsp3) is 0.480. The predicted molar refractivity (Wildman–Crippen MR) is 137 cm³/mol. The number of urea groups is 1. The smallest absolute Gasteiger partial charge is 0.381 e. The summed E-state index contributed by atoms with van der Waals surface area (Å²) < 4.78 is 51.3. The van der Waals surface area contributed by atoms with E-state index in [-0.39, 0.29) is 36.1 Å². The van der Waals surface area contributed by atoms with Crippen molar-refractivity contribution in [2.24, 2.45) is 0 Å². The summed E-state index contributed by atoms with van der Waals surface area (Å²) in [6.45, 7) is 1.15. The molecule has 3 rings (SSSR count). The number of rotatable bonds is 10. The molecular weight excluding hydrogens is 535 g/mol. The number of alkyl halides is 3. The summed E-state index contributed by atoms with van der Waals surface area (Å²) in [4.78, 5) is 36.9. The summed E-state index contributed by atoms with van der Waals surface area (Å²) in [6, 6.07) is 4.57. The highest BCUT2D eigenvalue weighted by molar-refractivity contribution is 6.01. The summed E-state index contributed by atoms with van der Waals surface area (Å²) in [6.07, 6.45) is -3.12. The number of aromatic nitrogens is 2. The number of amides is 3. The van der Waals surface area contributed by atoms with Crippen LogP contribution >= 0.6 is 0 Å². The molecule has 0 aliphatic carbocycles. The topological polar surface area (TPSA) is 142 Å². The molecule has 3 heterocycles. The van der Waals surface area contributed by atoms with Crippen LogP contribution in [-0.2, 0) is 32.0 Å². The van der Waals surface area contributed by atoms with Crippen LogP contribution < -0.4 is 15.5 Å². The van der Waals surface area contributed by atoms with Gasteiger partial charge in [0.2, 0.25) is 12.2 Å². The largest absolute Gasteiger partial charge is 0.522 e. The van der Waals surface area contributed by atoms with Crippen LogP contribution in [0.3, 0.4) is 0 Å². The van der Waals surface area contributed by atoms with Gasteiger partial charge in [-0.25, -0.2) is 14.8 Å². The van der Waals surface area contributed by atoms with Gasteiger partial charge in [0.1, 0.15) is 23.4 Å². The number of halogens is 3. The van der Waals surface area contributed by atoms with Crippen molar-refractivity contribution in [3.63, 3.8) is 0 Å². The van der Waals surface area contributed by atoms with E-state index in [1.54, 1.807) is 7.05 Å². The molecule has 12 nitrogen and oxygen atoms in total. The highest BCUT2D eigenvalue weighted by Crippen LogP contribution is 2.32. The van der Waals surface area contributed by atoms with Crippen molar-refractivity contribution >= 4 is 29.3 Å². The molecule has 0 saturated heterocycles. The Hall–Kier alpha value is -4.00. The lowest BCUT2D eigenvalue weighted by atomic mass is 10.0. The second-order valence-corrected chi connectivity index (χ2v) is 8.83. The molecule has 0 bridgehead atoms. The number of carbonyl (C=O) groups is 2. The molecule has 216 valence electrons. The summed E-state index contributed by atoms with van der Waals surface area (Å²) in [7, 11) is 4.57. The number of carbonyl (C=O) groups excluding carboxylic acids is 2. The lowest BCUT2D eigenvalue weighted by Gasteiger charge is -2.31. The number of hydrogen-bond acceptors (Lipinski definition) is 9. The van der Waals surface area contributed by atoms with Gasteiger partial charge in [-0.2, -0.15) is 5.26 Å². The van der Waals surface area contributed by atoms with E-state index in [4.69, 9.17) is 14.5 Å². The first kappa shape index (κ1) is 30.5. The zero-order valence-corrected chi connectivity index (χ0v) is 22.5. The molecule has 0 fully saturated rings. The zero-order chi connectivity index (χ0) is 29.4. The normalized spacial score (nSPS) is 13.0. The monoisotopic (exact) mass is 565 g/mol. The summed E-state index contributed by atoms with van der Waals surface area (Å²) in [5.41, 5.74) is 2.18. The number of methoxy groups -OCH3 is 2. The van der Waals surface area contributed by atoms with Gasteiger partial charge < -0.3 is 19.7 Å². The molecule has 0 saturated carbocycles. The van der Waals surface area contributed by atoms with E-state index in [9.17, 15) is 28.0 Å². The standard InChI is InChI=1S/C25H30F3N7O5/c1-15(36)34(2)14-17-10-16-6-5-8-35(22(16)33-21(17)23(38-3)39-4)24(37)32-20-11-19(18(12-29)13-31-20)30-7-9-40-25(26,27)28/h10-11,13,23H,5-9,14H2,1-4H3,(H2,30,31,32,37). The van der Waals surface area contributed by atoms with Crippen LogP contribution in [0.2, 0.25) is 0 Å². The number of ether oxygens (including phenoxy) is 3. The van der Waals surface area contributed by atoms with Crippen molar-refractivity contribution in [3.05, 3.63) is 40.7 Å². The summed E-state index contributed by atoms with van der Waals surface area (Å²) >= 11 is 0. The second-order valence-electron chi connectivity index (χ2n) is 8.83. The van der Waals surface area contributed by atoms with Crippen LogP contribution in [0.4, 0.5) is 35.3 Å². The minimum Gasteiger partial charge on any atom is -0.381 e. The van der Waals surface area contributed by atoms with Crippen LogP contribution in [0, 0.1) is 11.3 Å². The van der Waals surface area contributed by atoms with Crippen LogP contribution in [-0.4, -0.2) is 74.1 Å². The Bertz CT molecular complexity index is 1260. The molecule has 1 aliphatic heterocycles. The van der Waals surface area contributed by atoms with Crippen molar-refractivity contribution in [1.82, 2.24) is 14.9 Å². The quantitative estimate of drug-likeness (QED) is 0.327. The van der Waals surface area contributed by atoms with Crippen molar-refractivity contribution in [2.45, 2.75) is 39.0 Å². The van der Waals surface area contributed by atoms with E-state index in [1.165, 1.54) is 43.2 Å². The molecule has 2 aromatic rings. The van der Waals surface area contributed by atoms with E-state index >= 15 is 0 Å². The third kappa shape index (κ3) is 7.78. The van der Waals surface area contributed by atoms with Gasteiger partial charge in [-0.05, 0) is 30.0 Å². The summed E-state index contributed by atoms with van der Waals surface area (Å²) in [5, 5.41) is 14.7. The maximum atomic E-state index is 13.3. The highest BCUT2D eigenvalue weighted by Gasteiger charge is 2.30. The summed E-state index contributed by atoms with van der Waals surface area (Å²) in [5.74, 6) is 0.332. The second kappa shape index (κ2) is 13.4. The van der Waals surface area contributed by atoms with Crippen LogP contribution in [0.1, 0.15) is 42.0 Å². The number of hydrogen-bond donors (Lipinski definition) is 2. The van der Waals surface area contributed by atoms with Gasteiger partial charge in [-0.15, -0.1) is 13.2 Å². The molecule has 2 aromatic heterocycles. The number of pyridine rings is 2. The number of nitrogens with one attached hydrogen (secondary N) is 2. The van der Waals surface area contributed by atoms with E-state index in [0.29, 0.717) is 36.5 Å². The van der Waals surface area contributed by atoms with Gasteiger partial charge in [-0.1, -0.05) is 0 Å². The Morgan fingerprint density at radius 2 is 2.00 bits per heavy atom.